The first-order valence-corrected chi connectivity index (χ1v) is 9.21. The Kier molecular flexibility index (Phi) is 5.90. The molecule has 9 nitrogen and oxygen atoms in total. The van der Waals surface area contributed by atoms with Gasteiger partial charge in [-0.15, -0.1) is 5.10 Å². The first kappa shape index (κ1) is 21.1. The van der Waals surface area contributed by atoms with Crippen molar-refractivity contribution in [2.75, 3.05) is 24.1 Å². The van der Waals surface area contributed by atoms with E-state index in [9.17, 15) is 18.4 Å². The molecule has 30 heavy (non-hydrogen) atoms. The van der Waals surface area contributed by atoms with E-state index >= 15 is 0 Å². The molecule has 0 bridgehead atoms. The van der Waals surface area contributed by atoms with Crippen LogP contribution >= 0.6 is 0 Å². The topological polar surface area (TPSA) is 119 Å². The third-order valence-corrected chi connectivity index (χ3v) is 4.69. The van der Waals surface area contributed by atoms with Crippen LogP contribution in [-0.2, 0) is 16.0 Å². The Labute approximate surface area is 170 Å². The van der Waals surface area contributed by atoms with Crippen molar-refractivity contribution in [3.05, 3.63) is 46.8 Å². The zero-order valence-electron chi connectivity index (χ0n) is 16.7. The monoisotopic (exact) mass is 417 g/mol. The highest BCUT2D eigenvalue weighted by molar-refractivity contribution is 5.95. The van der Waals surface area contributed by atoms with Crippen LogP contribution in [0.5, 0.6) is 0 Å². The first-order valence-electron chi connectivity index (χ1n) is 9.21. The van der Waals surface area contributed by atoms with Crippen LogP contribution < -0.4 is 11.1 Å². The summed E-state index contributed by atoms with van der Waals surface area (Å²) in [5, 5.41) is 6.24. The van der Waals surface area contributed by atoms with Crippen molar-refractivity contribution < 1.29 is 18.4 Å². The summed E-state index contributed by atoms with van der Waals surface area (Å²) in [6.45, 7) is 5.09. The summed E-state index contributed by atoms with van der Waals surface area (Å²) in [7, 11) is 0. The molecule has 0 atom stereocenters. The second-order valence-electron chi connectivity index (χ2n) is 6.67. The lowest BCUT2D eigenvalue weighted by molar-refractivity contribution is -0.133. The van der Waals surface area contributed by atoms with Gasteiger partial charge in [0.25, 0.3) is 5.78 Å². The Morgan fingerprint density at radius 2 is 1.87 bits per heavy atom. The lowest BCUT2D eigenvalue weighted by atomic mass is 10.1. The quantitative estimate of drug-likeness (QED) is 0.629. The predicted octanol–water partition coefficient (Wildman–Crippen LogP) is 1.63. The molecule has 0 radical (unpaired) electrons. The molecule has 1 aromatic carbocycles. The van der Waals surface area contributed by atoms with Crippen LogP contribution in [0.4, 0.5) is 20.4 Å². The maximum Gasteiger partial charge on any atom is 0.254 e. The number of carbonyl (C=O) groups excluding carboxylic acids is 2. The lowest BCUT2D eigenvalue weighted by Gasteiger charge is -2.21. The molecule has 0 aliphatic carbocycles. The highest BCUT2D eigenvalue weighted by atomic mass is 19.1. The van der Waals surface area contributed by atoms with Gasteiger partial charge >= 0.3 is 0 Å². The molecule has 2 amide bonds. The van der Waals surface area contributed by atoms with Gasteiger partial charge in [-0.05, 0) is 32.9 Å². The second kappa shape index (κ2) is 8.39. The molecule has 0 unspecified atom stereocenters. The molecule has 158 valence electrons. The van der Waals surface area contributed by atoms with Crippen molar-refractivity contribution in [1.29, 1.82) is 0 Å². The molecule has 3 N–H and O–H groups in total. The fraction of sp³-hybridized carbons (Fsp3) is 0.316. The molecule has 11 heteroatoms. The summed E-state index contributed by atoms with van der Waals surface area (Å²) < 4.78 is 28.9. The van der Waals surface area contributed by atoms with E-state index < -0.39 is 23.2 Å². The number of benzene rings is 1. The van der Waals surface area contributed by atoms with Gasteiger partial charge in [0.05, 0.1) is 13.0 Å². The Morgan fingerprint density at radius 1 is 1.20 bits per heavy atom. The minimum absolute atomic E-state index is 0.0322. The van der Waals surface area contributed by atoms with Crippen LogP contribution in [0.2, 0.25) is 0 Å². The van der Waals surface area contributed by atoms with E-state index in [0.29, 0.717) is 22.7 Å². The molecule has 0 spiro atoms. The zero-order valence-corrected chi connectivity index (χ0v) is 16.7. The number of nitrogens with two attached hydrogens (primary N) is 1. The Balaban J connectivity index is 1.75. The summed E-state index contributed by atoms with van der Waals surface area (Å²) in [5.74, 6) is -2.44. The van der Waals surface area contributed by atoms with Gasteiger partial charge < -0.3 is 16.0 Å². The van der Waals surface area contributed by atoms with E-state index in [-0.39, 0.29) is 31.4 Å². The Morgan fingerprint density at radius 3 is 2.50 bits per heavy atom. The molecular weight excluding hydrogens is 396 g/mol. The number of aromatic nitrogens is 4. The molecule has 0 fully saturated rings. The number of nitrogens with one attached hydrogen (secondary N) is 1. The average Bonchev–Trinajstić information content (AvgIpc) is 3.06. The number of hydrogen-bond acceptors (Lipinski definition) is 6. The number of hydrogen-bond donors (Lipinski definition) is 2. The van der Waals surface area contributed by atoms with Gasteiger partial charge in [0.15, 0.2) is 0 Å². The van der Waals surface area contributed by atoms with Gasteiger partial charge in [-0.3, -0.25) is 9.59 Å². The Hall–Kier alpha value is -3.63. The van der Waals surface area contributed by atoms with Gasteiger partial charge in [-0.1, -0.05) is 6.07 Å². The molecule has 0 aliphatic heterocycles. The number of amides is 2. The second-order valence-corrected chi connectivity index (χ2v) is 6.67. The molecule has 0 saturated heterocycles. The number of carbonyl (C=O) groups is 2. The normalized spacial score (nSPS) is 11.0. The molecule has 2 heterocycles. The highest BCUT2D eigenvalue weighted by Gasteiger charge is 2.21. The summed E-state index contributed by atoms with van der Waals surface area (Å²) in [4.78, 5) is 34.7. The minimum atomic E-state index is -0.893. The summed E-state index contributed by atoms with van der Waals surface area (Å²) in [6.07, 6.45) is -0.0322. The van der Waals surface area contributed by atoms with Gasteiger partial charge in [0.2, 0.25) is 17.8 Å². The molecule has 3 rings (SSSR count). The number of nitrogens with zero attached hydrogens (tertiary/aromatic N) is 5. The fourth-order valence-corrected chi connectivity index (χ4v) is 3.09. The van der Waals surface area contributed by atoms with Gasteiger partial charge in [-0.25, -0.2) is 13.8 Å². The first-order chi connectivity index (χ1) is 14.2. The number of halogens is 2. The molecule has 0 saturated carbocycles. The number of nitrogen functional groups attached to an aromatic ring is 1. The summed E-state index contributed by atoms with van der Waals surface area (Å²) >= 11 is 0. The van der Waals surface area contributed by atoms with Crippen molar-refractivity contribution in [1.82, 2.24) is 24.5 Å². The number of aryl methyl sites for hydroxylation is 2. The van der Waals surface area contributed by atoms with Crippen LogP contribution in [0.3, 0.4) is 0 Å². The standard InChI is InChI=1S/C19H21F2N7O2/c1-4-27(9-15(29)24-17-13(20)6-5-7-14(17)21)16(30)8-12-10(2)23-19-25-18(22)26-28(19)11(12)3/h5-7H,4,8-9H2,1-3H3,(H2,22,26)(H,24,29). The molecular formula is C19H21F2N7O2. The largest absolute Gasteiger partial charge is 0.366 e. The van der Waals surface area contributed by atoms with Crippen LogP contribution in [0.1, 0.15) is 23.9 Å². The van der Waals surface area contributed by atoms with Crippen LogP contribution in [-0.4, -0.2) is 49.4 Å². The smallest absolute Gasteiger partial charge is 0.254 e. The van der Waals surface area contributed by atoms with Crippen LogP contribution in [0, 0.1) is 25.5 Å². The Bertz CT molecular complexity index is 1110. The maximum absolute atomic E-state index is 13.7. The fourth-order valence-electron chi connectivity index (χ4n) is 3.09. The van der Waals surface area contributed by atoms with E-state index in [1.54, 1.807) is 20.8 Å². The van der Waals surface area contributed by atoms with Crippen molar-refractivity contribution in [2.24, 2.45) is 0 Å². The number of rotatable bonds is 6. The minimum Gasteiger partial charge on any atom is -0.366 e. The average molecular weight is 417 g/mol. The van der Waals surface area contributed by atoms with E-state index in [4.69, 9.17) is 5.73 Å². The molecule has 3 aromatic rings. The van der Waals surface area contributed by atoms with Gasteiger partial charge in [0.1, 0.15) is 17.3 Å². The number of para-hydroxylation sites is 1. The summed E-state index contributed by atoms with van der Waals surface area (Å²) in [6, 6.07) is 3.26. The number of anilines is 2. The van der Waals surface area contributed by atoms with Gasteiger partial charge in [0, 0.05) is 23.5 Å². The zero-order chi connectivity index (χ0) is 22.0. The van der Waals surface area contributed by atoms with E-state index in [1.165, 1.54) is 15.5 Å². The van der Waals surface area contributed by atoms with Crippen molar-refractivity contribution in [3.8, 4) is 0 Å². The maximum atomic E-state index is 13.7. The predicted molar refractivity (Wildman–Crippen MR) is 106 cm³/mol. The van der Waals surface area contributed by atoms with E-state index in [0.717, 1.165) is 12.1 Å². The lowest BCUT2D eigenvalue weighted by Crippen LogP contribution is -2.39. The van der Waals surface area contributed by atoms with E-state index in [1.807, 2.05) is 0 Å². The van der Waals surface area contributed by atoms with Crippen molar-refractivity contribution in [2.45, 2.75) is 27.2 Å². The molecule has 2 aromatic heterocycles. The van der Waals surface area contributed by atoms with Crippen LogP contribution in [0.25, 0.3) is 5.78 Å². The van der Waals surface area contributed by atoms with Crippen molar-refractivity contribution >= 4 is 29.2 Å². The number of likely N-dealkylation sites (N-methyl/N-ethyl adjacent to an activating group) is 1. The van der Waals surface area contributed by atoms with Gasteiger partial charge in [-0.2, -0.15) is 9.50 Å². The third kappa shape index (κ3) is 4.19. The van der Waals surface area contributed by atoms with Crippen LogP contribution in [0.15, 0.2) is 18.2 Å². The van der Waals surface area contributed by atoms with E-state index in [2.05, 4.69) is 20.4 Å². The highest BCUT2D eigenvalue weighted by Crippen LogP contribution is 2.18. The molecule has 0 aliphatic rings. The third-order valence-electron chi connectivity index (χ3n) is 4.69. The number of fused-ring (bicyclic) bond motifs is 1. The van der Waals surface area contributed by atoms with Crippen molar-refractivity contribution in [3.63, 3.8) is 0 Å². The summed E-state index contributed by atoms with van der Waals surface area (Å²) in [5.41, 5.74) is 6.95. The SMILES string of the molecule is CCN(CC(=O)Nc1c(F)cccc1F)C(=O)Cc1c(C)nc2nc(N)nn2c1C.